The fourth-order valence-electron chi connectivity index (χ4n) is 0.316. The minimum absolute atomic E-state index is 0.414. The molecule has 0 amide bonds. The van der Waals surface area contributed by atoms with Gasteiger partial charge in [-0.3, -0.25) is 0 Å². The van der Waals surface area contributed by atoms with Gasteiger partial charge in [-0.25, -0.2) is 0 Å². The van der Waals surface area contributed by atoms with Crippen molar-refractivity contribution in [3.8, 4) is 0 Å². The van der Waals surface area contributed by atoms with Gasteiger partial charge in [-0.15, -0.1) is 0 Å². The Labute approximate surface area is 60.8 Å². The van der Waals surface area contributed by atoms with Crippen LogP contribution in [0, 0.1) is 0 Å². The molecule has 0 aromatic heterocycles. The standard InChI is InChI=1S/C5H11NO2Se/c1-2-9-3-4(6)5(7)8/h4H,2-3,6H2,1H3,(H,7,8). The molecule has 0 fully saturated rings. The van der Waals surface area contributed by atoms with E-state index in [4.69, 9.17) is 10.8 Å². The summed E-state index contributed by atoms with van der Waals surface area (Å²) in [4.78, 5) is 10.1. The van der Waals surface area contributed by atoms with Gasteiger partial charge in [0, 0.05) is 0 Å². The Hall–Kier alpha value is -0.0505. The van der Waals surface area contributed by atoms with Crippen LogP contribution >= 0.6 is 0 Å². The molecule has 1 atom stereocenters. The fraction of sp³-hybridized carbons (Fsp3) is 0.800. The predicted molar refractivity (Wildman–Crippen MR) is 36.7 cm³/mol. The maximum atomic E-state index is 10.1. The predicted octanol–water partition coefficient (Wildman–Crippen LogP) is -0.0410. The summed E-state index contributed by atoms with van der Waals surface area (Å²) in [6.07, 6.45) is 0. The number of aliphatic carboxylic acids is 1. The summed E-state index contributed by atoms with van der Waals surface area (Å²) < 4.78 is 0. The van der Waals surface area contributed by atoms with Crippen LogP contribution in [-0.2, 0) is 4.79 Å². The van der Waals surface area contributed by atoms with Crippen molar-refractivity contribution in [2.45, 2.75) is 23.6 Å². The number of nitrogens with two attached hydrogens (primary N) is 1. The molecule has 4 heteroatoms. The van der Waals surface area contributed by atoms with Crippen molar-refractivity contribution < 1.29 is 9.90 Å². The molecular formula is C5H11NO2Se. The van der Waals surface area contributed by atoms with Gasteiger partial charge in [-0.1, -0.05) is 0 Å². The van der Waals surface area contributed by atoms with E-state index in [2.05, 4.69) is 0 Å². The molecule has 0 aliphatic heterocycles. The molecule has 3 N–H and O–H groups in total. The Morgan fingerprint density at radius 3 is 2.78 bits per heavy atom. The van der Waals surface area contributed by atoms with Crippen LogP contribution in [0.25, 0.3) is 0 Å². The van der Waals surface area contributed by atoms with Gasteiger partial charge < -0.3 is 0 Å². The SMILES string of the molecule is CC[Se]CC(N)C(=O)O. The maximum absolute atomic E-state index is 10.1. The zero-order chi connectivity index (χ0) is 7.28. The van der Waals surface area contributed by atoms with Gasteiger partial charge in [0.15, 0.2) is 0 Å². The Morgan fingerprint density at radius 2 is 2.44 bits per heavy atom. The Kier molecular flexibility index (Phi) is 4.77. The molecule has 9 heavy (non-hydrogen) atoms. The third-order valence-electron chi connectivity index (χ3n) is 0.819. The van der Waals surface area contributed by atoms with Crippen molar-refractivity contribution in [2.75, 3.05) is 0 Å². The minimum atomic E-state index is -0.884. The summed E-state index contributed by atoms with van der Waals surface area (Å²) in [5.74, 6) is -0.884. The van der Waals surface area contributed by atoms with Crippen molar-refractivity contribution in [2.24, 2.45) is 5.73 Å². The first kappa shape index (κ1) is 8.95. The molecular weight excluding hydrogens is 185 g/mol. The first-order valence-electron chi connectivity index (χ1n) is 2.74. The fourth-order valence-corrected chi connectivity index (χ4v) is 1.64. The van der Waals surface area contributed by atoms with Crippen LogP contribution in [0.5, 0.6) is 0 Å². The van der Waals surface area contributed by atoms with E-state index >= 15 is 0 Å². The van der Waals surface area contributed by atoms with E-state index in [0.29, 0.717) is 20.3 Å². The Balaban J connectivity index is 3.27. The molecule has 0 radical (unpaired) electrons. The van der Waals surface area contributed by atoms with Gasteiger partial charge in [0.25, 0.3) is 0 Å². The average Bonchev–Trinajstić information content (AvgIpc) is 1.82. The summed E-state index contributed by atoms with van der Waals surface area (Å²) in [6, 6.07) is -0.634. The monoisotopic (exact) mass is 197 g/mol. The molecule has 0 spiro atoms. The van der Waals surface area contributed by atoms with Crippen molar-refractivity contribution in [1.82, 2.24) is 0 Å². The number of hydrogen-bond donors (Lipinski definition) is 2. The van der Waals surface area contributed by atoms with Gasteiger partial charge in [-0.05, 0) is 0 Å². The second kappa shape index (κ2) is 4.79. The molecule has 0 aromatic carbocycles. The van der Waals surface area contributed by atoms with Crippen LogP contribution in [0.1, 0.15) is 6.92 Å². The van der Waals surface area contributed by atoms with Crippen LogP contribution in [0.3, 0.4) is 0 Å². The van der Waals surface area contributed by atoms with Gasteiger partial charge in [-0.2, -0.15) is 0 Å². The van der Waals surface area contributed by atoms with Crippen LogP contribution in [0.15, 0.2) is 0 Å². The zero-order valence-corrected chi connectivity index (χ0v) is 7.05. The van der Waals surface area contributed by atoms with E-state index < -0.39 is 12.0 Å². The van der Waals surface area contributed by atoms with E-state index in [0.717, 1.165) is 5.32 Å². The summed E-state index contributed by atoms with van der Waals surface area (Å²) in [7, 11) is 0. The molecule has 0 heterocycles. The van der Waals surface area contributed by atoms with E-state index in [-0.39, 0.29) is 0 Å². The van der Waals surface area contributed by atoms with Crippen LogP contribution < -0.4 is 5.73 Å². The van der Waals surface area contributed by atoms with Crippen molar-refractivity contribution >= 4 is 20.9 Å². The van der Waals surface area contributed by atoms with Gasteiger partial charge >= 0.3 is 60.2 Å². The Morgan fingerprint density at radius 1 is 1.89 bits per heavy atom. The Bertz CT molecular complexity index is 97.0. The van der Waals surface area contributed by atoms with E-state index in [9.17, 15) is 4.79 Å². The normalized spacial score (nSPS) is 13.1. The molecule has 0 saturated heterocycles. The quantitative estimate of drug-likeness (QED) is 0.620. The molecule has 0 aliphatic carbocycles. The number of carbonyl (C=O) groups is 1. The van der Waals surface area contributed by atoms with Crippen LogP contribution in [0.2, 0.25) is 10.6 Å². The molecule has 3 nitrogen and oxygen atoms in total. The summed E-state index contributed by atoms with van der Waals surface area (Å²) in [6.45, 7) is 2.04. The number of rotatable bonds is 4. The van der Waals surface area contributed by atoms with Gasteiger partial charge in [0.05, 0.1) is 0 Å². The second-order valence-corrected chi connectivity index (χ2v) is 4.37. The molecule has 54 valence electrons. The average molecular weight is 196 g/mol. The summed E-state index contributed by atoms with van der Waals surface area (Å²) >= 11 is 0.414. The van der Waals surface area contributed by atoms with Crippen molar-refractivity contribution in [3.63, 3.8) is 0 Å². The number of hydrogen-bond acceptors (Lipinski definition) is 2. The molecule has 0 aromatic rings. The van der Waals surface area contributed by atoms with Crippen LogP contribution in [-0.4, -0.2) is 32.1 Å². The molecule has 0 saturated carbocycles. The first-order chi connectivity index (χ1) is 4.18. The molecule has 0 aliphatic rings. The molecule has 0 rings (SSSR count). The third kappa shape index (κ3) is 4.45. The van der Waals surface area contributed by atoms with Crippen molar-refractivity contribution in [1.29, 1.82) is 0 Å². The second-order valence-electron chi connectivity index (χ2n) is 1.60. The van der Waals surface area contributed by atoms with E-state index in [1.54, 1.807) is 0 Å². The zero-order valence-electron chi connectivity index (χ0n) is 5.33. The number of carboxylic acids is 1. The van der Waals surface area contributed by atoms with Crippen LogP contribution in [0.4, 0.5) is 0 Å². The van der Waals surface area contributed by atoms with Gasteiger partial charge in [0.2, 0.25) is 0 Å². The van der Waals surface area contributed by atoms with Crippen molar-refractivity contribution in [3.05, 3.63) is 0 Å². The van der Waals surface area contributed by atoms with E-state index in [1.165, 1.54) is 0 Å². The number of carboxylic acid groups (broad SMARTS) is 1. The summed E-state index contributed by atoms with van der Waals surface area (Å²) in [5.41, 5.74) is 5.22. The topological polar surface area (TPSA) is 63.3 Å². The third-order valence-corrected chi connectivity index (χ3v) is 2.92. The van der Waals surface area contributed by atoms with E-state index in [1.807, 2.05) is 6.92 Å². The first-order valence-corrected chi connectivity index (χ1v) is 5.17. The van der Waals surface area contributed by atoms with Gasteiger partial charge in [0.1, 0.15) is 0 Å². The molecule has 0 bridgehead atoms. The molecule has 1 unspecified atom stereocenters. The summed E-state index contributed by atoms with van der Waals surface area (Å²) in [5, 5.41) is 10.0.